The number of aryl methyl sites for hydroxylation is 1. The van der Waals surface area contributed by atoms with Crippen molar-refractivity contribution in [3.8, 4) is 0 Å². The highest BCUT2D eigenvalue weighted by Gasteiger charge is 2.30. The van der Waals surface area contributed by atoms with Gasteiger partial charge in [-0.2, -0.15) is 8.78 Å². The van der Waals surface area contributed by atoms with Gasteiger partial charge in [-0.3, -0.25) is 4.79 Å². The quantitative estimate of drug-likeness (QED) is 0.648. The molecule has 0 unspecified atom stereocenters. The van der Waals surface area contributed by atoms with E-state index in [9.17, 15) is 13.6 Å². The highest BCUT2D eigenvalue weighted by Crippen LogP contribution is 2.25. The van der Waals surface area contributed by atoms with Gasteiger partial charge in [-0.05, 0) is 13.0 Å². The van der Waals surface area contributed by atoms with Crippen LogP contribution < -0.4 is 0 Å². The normalized spacial score (nSPS) is 10.4. The SMILES string of the molecule is Cc1cccc(C(F)(F)C=O)c1.O. The lowest BCUT2D eigenvalue weighted by atomic mass is 10.1. The van der Waals surface area contributed by atoms with E-state index in [2.05, 4.69) is 0 Å². The van der Waals surface area contributed by atoms with Crippen molar-refractivity contribution in [3.05, 3.63) is 35.4 Å². The maximum absolute atomic E-state index is 12.7. The molecule has 0 amide bonds. The van der Waals surface area contributed by atoms with Gasteiger partial charge in [-0.25, -0.2) is 0 Å². The molecule has 0 spiro atoms. The number of alkyl halides is 2. The molecular weight excluding hydrogens is 178 g/mol. The topological polar surface area (TPSA) is 48.6 Å². The standard InChI is InChI=1S/C9H8F2O.H2O/c1-7-3-2-4-8(5-7)9(10,11)6-12;/h2-6H,1H3;1H2. The molecule has 4 heteroatoms. The molecule has 2 nitrogen and oxygen atoms in total. The molecule has 0 aliphatic rings. The molecule has 72 valence electrons. The van der Waals surface area contributed by atoms with Crippen molar-refractivity contribution < 1.29 is 19.1 Å². The van der Waals surface area contributed by atoms with E-state index >= 15 is 0 Å². The van der Waals surface area contributed by atoms with Crippen LogP contribution in [0.4, 0.5) is 8.78 Å². The van der Waals surface area contributed by atoms with Crippen molar-refractivity contribution in [1.29, 1.82) is 0 Å². The van der Waals surface area contributed by atoms with Gasteiger partial charge in [0.1, 0.15) is 0 Å². The molecule has 1 aromatic rings. The van der Waals surface area contributed by atoms with Crippen molar-refractivity contribution in [2.45, 2.75) is 12.8 Å². The molecule has 1 rings (SSSR count). The van der Waals surface area contributed by atoms with Gasteiger partial charge in [0.25, 0.3) is 0 Å². The molecule has 0 aliphatic heterocycles. The van der Waals surface area contributed by atoms with Crippen LogP contribution in [0, 0.1) is 6.92 Å². The fraction of sp³-hybridized carbons (Fsp3) is 0.222. The summed E-state index contributed by atoms with van der Waals surface area (Å²) in [5.41, 5.74) is 0.464. The predicted octanol–water partition coefficient (Wildman–Crippen LogP) is 1.46. The first-order valence-electron chi connectivity index (χ1n) is 3.47. The zero-order valence-corrected chi connectivity index (χ0v) is 7.05. The van der Waals surface area contributed by atoms with Gasteiger partial charge in [-0.15, -0.1) is 0 Å². The van der Waals surface area contributed by atoms with E-state index in [1.54, 1.807) is 13.0 Å². The minimum Gasteiger partial charge on any atom is -0.412 e. The molecule has 0 heterocycles. The van der Waals surface area contributed by atoms with Crippen LogP contribution >= 0.6 is 0 Å². The summed E-state index contributed by atoms with van der Waals surface area (Å²) < 4.78 is 25.4. The lowest BCUT2D eigenvalue weighted by molar-refractivity contribution is -0.130. The number of rotatable bonds is 2. The number of hydrogen-bond donors (Lipinski definition) is 0. The van der Waals surface area contributed by atoms with E-state index < -0.39 is 5.92 Å². The number of carbonyl (C=O) groups is 1. The third-order valence-corrected chi connectivity index (χ3v) is 1.55. The summed E-state index contributed by atoms with van der Waals surface area (Å²) in [5.74, 6) is -3.36. The van der Waals surface area contributed by atoms with Crippen LogP contribution in [-0.4, -0.2) is 11.8 Å². The van der Waals surface area contributed by atoms with Gasteiger partial charge in [0, 0.05) is 5.56 Å². The Kier molecular flexibility index (Phi) is 3.69. The Balaban J connectivity index is 0.00000144. The fourth-order valence-electron chi connectivity index (χ4n) is 0.920. The molecule has 0 aliphatic carbocycles. The van der Waals surface area contributed by atoms with Crippen molar-refractivity contribution in [2.75, 3.05) is 0 Å². The van der Waals surface area contributed by atoms with Gasteiger partial charge in [0.15, 0.2) is 6.29 Å². The molecule has 2 N–H and O–H groups in total. The molecular formula is C9H10F2O2. The zero-order chi connectivity index (χ0) is 9.19. The summed E-state index contributed by atoms with van der Waals surface area (Å²) in [6, 6.07) is 5.74. The first-order chi connectivity index (χ1) is 5.56. The van der Waals surface area contributed by atoms with E-state index in [1.165, 1.54) is 18.2 Å². The van der Waals surface area contributed by atoms with Crippen LogP contribution in [0.3, 0.4) is 0 Å². The second kappa shape index (κ2) is 4.09. The first kappa shape index (κ1) is 11.7. The molecule has 0 fully saturated rings. The summed E-state index contributed by atoms with van der Waals surface area (Å²) in [6.07, 6.45) is -0.345. The third-order valence-electron chi connectivity index (χ3n) is 1.55. The average Bonchev–Trinajstić information content (AvgIpc) is 2.05. The van der Waals surface area contributed by atoms with E-state index in [0.717, 1.165) is 0 Å². The summed E-state index contributed by atoms with van der Waals surface area (Å²) in [4.78, 5) is 9.99. The van der Waals surface area contributed by atoms with E-state index in [1.807, 2.05) is 0 Å². The Hall–Kier alpha value is -1.29. The second-order valence-corrected chi connectivity index (χ2v) is 2.61. The maximum atomic E-state index is 12.7. The largest absolute Gasteiger partial charge is 0.412 e. The van der Waals surface area contributed by atoms with Gasteiger partial charge >= 0.3 is 5.92 Å². The molecule has 0 saturated heterocycles. The Morgan fingerprint density at radius 3 is 2.46 bits per heavy atom. The average molecular weight is 188 g/mol. The molecule has 0 bridgehead atoms. The Morgan fingerprint density at radius 1 is 1.38 bits per heavy atom. The van der Waals surface area contributed by atoms with Crippen LogP contribution in [0.15, 0.2) is 24.3 Å². The highest BCUT2D eigenvalue weighted by molar-refractivity contribution is 5.63. The third kappa shape index (κ3) is 2.59. The van der Waals surface area contributed by atoms with Crippen LogP contribution in [-0.2, 0) is 10.7 Å². The molecule has 0 atom stereocenters. The van der Waals surface area contributed by atoms with Crippen molar-refractivity contribution in [1.82, 2.24) is 0 Å². The molecule has 13 heavy (non-hydrogen) atoms. The summed E-state index contributed by atoms with van der Waals surface area (Å²) >= 11 is 0. The Bertz CT molecular complexity index is 297. The fourth-order valence-corrected chi connectivity index (χ4v) is 0.920. The summed E-state index contributed by atoms with van der Waals surface area (Å²) in [6.45, 7) is 1.70. The van der Waals surface area contributed by atoms with Gasteiger partial charge < -0.3 is 5.48 Å². The van der Waals surface area contributed by atoms with Gasteiger partial charge in [-0.1, -0.05) is 23.8 Å². The number of halogens is 2. The van der Waals surface area contributed by atoms with E-state index in [-0.39, 0.29) is 17.3 Å². The van der Waals surface area contributed by atoms with E-state index in [0.29, 0.717) is 5.56 Å². The minimum absolute atomic E-state index is 0. The summed E-state index contributed by atoms with van der Waals surface area (Å²) in [7, 11) is 0. The lowest BCUT2D eigenvalue weighted by Gasteiger charge is -2.08. The molecule has 1 aromatic carbocycles. The molecule has 0 saturated carbocycles. The van der Waals surface area contributed by atoms with E-state index in [4.69, 9.17) is 0 Å². The smallest absolute Gasteiger partial charge is 0.327 e. The Labute approximate surface area is 74.5 Å². The molecule has 0 aromatic heterocycles. The van der Waals surface area contributed by atoms with Gasteiger partial charge in [0.2, 0.25) is 0 Å². The Morgan fingerprint density at radius 2 is 2.00 bits per heavy atom. The minimum atomic E-state index is -3.36. The highest BCUT2D eigenvalue weighted by atomic mass is 19.3. The molecule has 0 radical (unpaired) electrons. The zero-order valence-electron chi connectivity index (χ0n) is 7.05. The van der Waals surface area contributed by atoms with Crippen molar-refractivity contribution in [2.24, 2.45) is 0 Å². The van der Waals surface area contributed by atoms with Crippen molar-refractivity contribution in [3.63, 3.8) is 0 Å². The van der Waals surface area contributed by atoms with Crippen LogP contribution in [0.1, 0.15) is 11.1 Å². The number of aldehydes is 1. The lowest BCUT2D eigenvalue weighted by Crippen LogP contribution is -2.14. The van der Waals surface area contributed by atoms with Crippen LogP contribution in [0.25, 0.3) is 0 Å². The predicted molar refractivity (Wildman–Crippen MR) is 44.8 cm³/mol. The first-order valence-corrected chi connectivity index (χ1v) is 3.47. The summed E-state index contributed by atoms with van der Waals surface area (Å²) in [5, 5.41) is 0. The maximum Gasteiger partial charge on any atom is 0.327 e. The number of benzene rings is 1. The number of carbonyl (C=O) groups excluding carboxylic acids is 1. The van der Waals surface area contributed by atoms with Crippen molar-refractivity contribution >= 4 is 6.29 Å². The van der Waals surface area contributed by atoms with Gasteiger partial charge in [0.05, 0.1) is 0 Å². The monoisotopic (exact) mass is 188 g/mol. The van der Waals surface area contributed by atoms with Crippen LogP contribution in [0.5, 0.6) is 0 Å². The van der Waals surface area contributed by atoms with Crippen LogP contribution in [0.2, 0.25) is 0 Å². The number of hydrogen-bond acceptors (Lipinski definition) is 1. The second-order valence-electron chi connectivity index (χ2n) is 2.61.